The summed E-state index contributed by atoms with van der Waals surface area (Å²) in [5, 5.41) is 43.4. The highest BCUT2D eigenvalue weighted by molar-refractivity contribution is 6.57. The number of carboxylic acids is 3. The molecule has 18 nitrogen and oxygen atoms in total. The molecule has 0 bridgehead atoms. The van der Waals surface area contributed by atoms with E-state index in [1.165, 1.54) is 44.9 Å². The second kappa shape index (κ2) is 48.4. The van der Waals surface area contributed by atoms with E-state index in [0.717, 1.165) is 38.5 Å². The van der Waals surface area contributed by atoms with Crippen molar-refractivity contribution in [1.82, 2.24) is 31.8 Å². The lowest BCUT2D eigenvalue weighted by Crippen LogP contribution is -2.43. The molecule has 0 rings (SSSR count). The fraction of sp³-hybridized carbons (Fsp3) is 0.830. The summed E-state index contributed by atoms with van der Waals surface area (Å²) in [5.41, 5.74) is 5.79. The van der Waals surface area contributed by atoms with Gasteiger partial charge in [0.2, 0.25) is 23.6 Å². The molecule has 384 valence electrons. The number of rotatable bonds is 43. The van der Waals surface area contributed by atoms with Gasteiger partial charge < -0.3 is 57.7 Å². The largest absolute Gasteiger partial charge is 0.481 e. The van der Waals surface area contributed by atoms with Gasteiger partial charge >= 0.3 is 17.9 Å². The van der Waals surface area contributed by atoms with E-state index in [2.05, 4.69) is 39.7 Å². The van der Waals surface area contributed by atoms with Crippen molar-refractivity contribution in [2.24, 2.45) is 5.73 Å². The zero-order chi connectivity index (χ0) is 51.1. The van der Waals surface area contributed by atoms with E-state index in [9.17, 15) is 43.5 Å². The Morgan fingerprint density at radius 3 is 1.31 bits per heavy atom. The molecular weight excluding hydrogens is 860 g/mol. The second-order valence-electron chi connectivity index (χ2n) is 16.6. The van der Waals surface area contributed by atoms with Gasteiger partial charge in [0.05, 0.1) is 23.8 Å². The maximum absolute atomic E-state index is 12.5. The van der Waals surface area contributed by atoms with E-state index in [-0.39, 0.29) is 61.0 Å². The van der Waals surface area contributed by atoms with Crippen LogP contribution in [0.3, 0.4) is 0 Å². The van der Waals surface area contributed by atoms with Crippen molar-refractivity contribution in [2.75, 3.05) is 26.7 Å². The van der Waals surface area contributed by atoms with Crippen LogP contribution in [-0.2, 0) is 38.4 Å². The van der Waals surface area contributed by atoms with Crippen LogP contribution < -0.4 is 37.5 Å². The first kappa shape index (κ1) is 67.2. The van der Waals surface area contributed by atoms with E-state index in [1.54, 1.807) is 14.0 Å². The zero-order valence-electron chi connectivity index (χ0n) is 41.6. The molecule has 0 heterocycles. The lowest BCUT2D eigenvalue weighted by Gasteiger charge is -2.17. The standard InChI is InChI=1S/C42H78BN7O10.C3H5BO.C2H6/c1-45-33(40(56)48-31-21-18-24-35(50-43)42(59)60)23-17-20-30-47-39(55)32(44)22-16-19-29-46-36(51)28-27-34(41(57)58)49-37(52)25-14-12-10-8-6-4-2-3-5-7-9-11-13-15-26-38(53)54;1-2-3(4)5;1-2/h32-35,45,50H,2-31,44H2,1H3,(H,46,51)(H,47,55)(H,48,56)(H,49,52)(H,53,54)(H,57,58)(H,59,60);2H2,1H3;1-2H3/t32-,33?,34?,35?;;/m0../s1. The van der Waals surface area contributed by atoms with Gasteiger partial charge in [-0.3, -0.25) is 28.8 Å². The maximum Gasteiger partial charge on any atom is 0.326 e. The van der Waals surface area contributed by atoms with E-state index in [4.69, 9.17) is 23.9 Å². The number of aliphatic carboxylic acids is 3. The first-order valence-corrected chi connectivity index (χ1v) is 25.1. The number of carbonyl (C=O) groups is 8. The van der Waals surface area contributed by atoms with Gasteiger partial charge in [0.15, 0.2) is 15.8 Å². The van der Waals surface area contributed by atoms with Gasteiger partial charge in [-0.1, -0.05) is 97.8 Å². The minimum absolute atomic E-state index is 0.0142. The van der Waals surface area contributed by atoms with Crippen LogP contribution in [0.25, 0.3) is 0 Å². The molecule has 3 unspecified atom stereocenters. The van der Waals surface area contributed by atoms with E-state index in [0.29, 0.717) is 90.3 Å². The molecule has 0 saturated carbocycles. The van der Waals surface area contributed by atoms with Gasteiger partial charge in [0, 0.05) is 38.9 Å². The van der Waals surface area contributed by atoms with Crippen LogP contribution in [-0.4, -0.2) is 129 Å². The third kappa shape index (κ3) is 45.5. The topological polar surface area (TPSA) is 295 Å². The summed E-state index contributed by atoms with van der Waals surface area (Å²) >= 11 is 0. The van der Waals surface area contributed by atoms with Gasteiger partial charge in [0.25, 0.3) is 0 Å². The minimum Gasteiger partial charge on any atom is -0.481 e. The molecule has 0 saturated heterocycles. The minimum atomic E-state index is -1.18. The Morgan fingerprint density at radius 2 is 0.896 bits per heavy atom. The Labute approximate surface area is 404 Å². The summed E-state index contributed by atoms with van der Waals surface area (Å²) < 4.78 is 0. The van der Waals surface area contributed by atoms with Crippen LogP contribution in [0.1, 0.15) is 201 Å². The average Bonchev–Trinajstić information content (AvgIpc) is 3.29. The van der Waals surface area contributed by atoms with Crippen molar-refractivity contribution >= 4 is 63.0 Å². The maximum atomic E-state index is 12.5. The smallest absolute Gasteiger partial charge is 0.326 e. The third-order valence-electron chi connectivity index (χ3n) is 10.9. The molecule has 0 aliphatic rings. The van der Waals surface area contributed by atoms with Gasteiger partial charge in [-0.05, 0) is 90.5 Å². The summed E-state index contributed by atoms with van der Waals surface area (Å²) in [4.78, 5) is 92.4. The molecule has 0 aromatic heterocycles. The molecule has 0 aromatic carbocycles. The van der Waals surface area contributed by atoms with Crippen molar-refractivity contribution in [2.45, 2.75) is 225 Å². The summed E-state index contributed by atoms with van der Waals surface area (Å²) in [7, 11) is 11.6. The lowest BCUT2D eigenvalue weighted by molar-refractivity contribution is -0.142. The van der Waals surface area contributed by atoms with Gasteiger partial charge in [0.1, 0.15) is 6.04 Å². The summed E-state index contributed by atoms with van der Waals surface area (Å²) in [5.74, 6) is -3.96. The Bertz CT molecular complexity index is 1330. The average molecular weight is 950 g/mol. The number of hydrogen-bond acceptors (Lipinski definition) is 11. The molecule has 4 amide bonds. The first-order valence-electron chi connectivity index (χ1n) is 25.1. The van der Waals surface area contributed by atoms with Gasteiger partial charge in [-0.2, -0.15) is 0 Å². The predicted octanol–water partition coefficient (Wildman–Crippen LogP) is 4.68. The second-order valence-corrected chi connectivity index (χ2v) is 16.6. The number of nitrogens with two attached hydrogens (primary N) is 1. The molecule has 0 aliphatic heterocycles. The van der Waals surface area contributed by atoms with E-state index < -0.39 is 36.0 Å². The Morgan fingerprint density at radius 1 is 0.493 bits per heavy atom. The summed E-state index contributed by atoms with van der Waals surface area (Å²) in [6.45, 7) is 6.93. The Balaban J connectivity index is -0.00000545. The normalized spacial score (nSPS) is 12.4. The van der Waals surface area contributed by atoms with Crippen LogP contribution in [0, 0.1) is 0 Å². The molecule has 67 heavy (non-hydrogen) atoms. The van der Waals surface area contributed by atoms with Crippen molar-refractivity contribution in [3.05, 3.63) is 0 Å². The lowest BCUT2D eigenvalue weighted by atomic mass is 10.0. The van der Waals surface area contributed by atoms with E-state index in [1.807, 2.05) is 13.8 Å². The number of unbranched alkanes of at least 4 members (excludes halogenated alkanes) is 16. The Kier molecular flexibility index (Phi) is 48.6. The van der Waals surface area contributed by atoms with Crippen LogP contribution in [0.15, 0.2) is 0 Å². The highest BCUT2D eigenvalue weighted by atomic mass is 16.4. The number of carbonyl (C=O) groups excluding carboxylic acids is 5. The number of likely N-dealkylation sites (N-methyl/N-ethyl adjacent to an activating group) is 1. The molecule has 4 radical (unpaired) electrons. The van der Waals surface area contributed by atoms with Crippen molar-refractivity contribution < 1.29 is 53.7 Å². The fourth-order valence-corrected chi connectivity index (χ4v) is 6.73. The van der Waals surface area contributed by atoms with Crippen molar-refractivity contribution in [3.8, 4) is 0 Å². The summed E-state index contributed by atoms with van der Waals surface area (Å²) in [6, 6.07) is -3.04. The summed E-state index contributed by atoms with van der Waals surface area (Å²) in [6.07, 6.45) is 21.1. The molecule has 0 fully saturated rings. The Hall–Kier alpha value is -4.03. The number of nitrogens with one attached hydrogen (secondary N) is 6. The third-order valence-corrected chi connectivity index (χ3v) is 10.9. The number of amides is 4. The van der Waals surface area contributed by atoms with Crippen LogP contribution in [0.4, 0.5) is 0 Å². The van der Waals surface area contributed by atoms with Crippen LogP contribution >= 0.6 is 0 Å². The quantitative estimate of drug-likeness (QED) is 0.0294. The van der Waals surface area contributed by atoms with Crippen molar-refractivity contribution in [3.63, 3.8) is 0 Å². The highest BCUT2D eigenvalue weighted by Crippen LogP contribution is 2.14. The van der Waals surface area contributed by atoms with Gasteiger partial charge in [-0.15, -0.1) is 0 Å². The molecule has 0 aromatic rings. The molecular formula is C47H89B2N7O11. The highest BCUT2D eigenvalue weighted by Gasteiger charge is 2.21. The zero-order valence-corrected chi connectivity index (χ0v) is 41.6. The molecule has 0 spiro atoms. The molecule has 0 aliphatic carbocycles. The van der Waals surface area contributed by atoms with Crippen LogP contribution in [0.2, 0.25) is 0 Å². The molecule has 11 N–H and O–H groups in total. The SMILES string of the molecule is CC.[B]C(=O)CC.[B]NC(CCCCNC(=O)C(CCCCNC(=O)[C@@H](N)CCCCNC(=O)CCC(NC(=O)CCCCCCCCCCCCCCCCC(=O)O)C(=O)O)NC)C(=O)O. The van der Waals surface area contributed by atoms with Gasteiger partial charge in [-0.25, -0.2) is 4.79 Å². The first-order chi connectivity index (χ1) is 32.1. The van der Waals surface area contributed by atoms with Crippen LogP contribution in [0.5, 0.6) is 0 Å². The number of hydrogen-bond donors (Lipinski definition) is 10. The monoisotopic (exact) mass is 950 g/mol. The predicted molar refractivity (Wildman–Crippen MR) is 264 cm³/mol. The number of carboxylic acid groups (broad SMARTS) is 3. The van der Waals surface area contributed by atoms with Crippen molar-refractivity contribution in [1.29, 1.82) is 0 Å². The molecule has 20 heteroatoms. The fourth-order valence-electron chi connectivity index (χ4n) is 6.73. The molecule has 4 atom stereocenters. The van der Waals surface area contributed by atoms with E-state index >= 15 is 0 Å².